The number of benzene rings is 2. The summed E-state index contributed by atoms with van der Waals surface area (Å²) >= 11 is 1.87. The molecule has 25 heavy (non-hydrogen) atoms. The third-order valence-electron chi connectivity index (χ3n) is 3.25. The highest BCUT2D eigenvalue weighted by atomic mass is 127. The van der Waals surface area contributed by atoms with E-state index in [0.717, 1.165) is 0 Å². The zero-order valence-electron chi connectivity index (χ0n) is 13.6. The topological polar surface area (TPSA) is 101 Å². The van der Waals surface area contributed by atoms with Gasteiger partial charge in [0.15, 0.2) is 0 Å². The summed E-state index contributed by atoms with van der Waals surface area (Å²) in [5, 5.41) is 16.3. The Morgan fingerprint density at radius 3 is 2.36 bits per heavy atom. The molecule has 0 radical (unpaired) electrons. The van der Waals surface area contributed by atoms with Gasteiger partial charge >= 0.3 is 0 Å². The van der Waals surface area contributed by atoms with Gasteiger partial charge in [-0.05, 0) is 54.6 Å². The number of nitrogens with one attached hydrogen (secondary N) is 2. The molecule has 0 spiro atoms. The van der Waals surface area contributed by atoms with Gasteiger partial charge in [0.05, 0.1) is 21.7 Å². The molecular formula is C17H16IN3O4. The zero-order chi connectivity index (χ0) is 18.6. The van der Waals surface area contributed by atoms with Crippen LogP contribution in [0.3, 0.4) is 0 Å². The van der Waals surface area contributed by atoms with Crippen LogP contribution in [-0.2, 0) is 0 Å². The fourth-order valence-electron chi connectivity index (χ4n) is 2.12. The van der Waals surface area contributed by atoms with E-state index in [1.165, 1.54) is 18.2 Å². The van der Waals surface area contributed by atoms with Crippen molar-refractivity contribution in [1.82, 2.24) is 5.32 Å². The van der Waals surface area contributed by atoms with Crippen molar-refractivity contribution in [2.45, 2.75) is 19.9 Å². The van der Waals surface area contributed by atoms with Gasteiger partial charge in [-0.1, -0.05) is 12.1 Å². The Kier molecular flexibility index (Phi) is 6.07. The highest BCUT2D eigenvalue weighted by molar-refractivity contribution is 14.1. The van der Waals surface area contributed by atoms with E-state index < -0.39 is 10.8 Å². The summed E-state index contributed by atoms with van der Waals surface area (Å²) in [4.78, 5) is 35.0. The molecule has 0 fully saturated rings. The molecule has 0 heterocycles. The minimum atomic E-state index is -0.518. The van der Waals surface area contributed by atoms with Crippen molar-refractivity contribution in [3.63, 3.8) is 0 Å². The number of halogens is 1. The highest BCUT2D eigenvalue weighted by Crippen LogP contribution is 2.22. The fraction of sp³-hybridized carbons (Fsp3) is 0.176. The van der Waals surface area contributed by atoms with Gasteiger partial charge in [0.2, 0.25) is 0 Å². The molecular weight excluding hydrogens is 437 g/mol. The molecule has 2 N–H and O–H groups in total. The number of anilines is 1. The quantitative estimate of drug-likeness (QED) is 0.411. The minimum Gasteiger partial charge on any atom is -0.350 e. The molecule has 2 rings (SSSR count). The van der Waals surface area contributed by atoms with Gasteiger partial charge in [-0.15, -0.1) is 0 Å². The third kappa shape index (κ3) is 4.75. The predicted molar refractivity (Wildman–Crippen MR) is 103 cm³/mol. The second kappa shape index (κ2) is 8.06. The van der Waals surface area contributed by atoms with Gasteiger partial charge in [0.25, 0.3) is 17.5 Å². The first-order valence-corrected chi connectivity index (χ1v) is 8.52. The van der Waals surface area contributed by atoms with E-state index >= 15 is 0 Å². The maximum atomic E-state index is 12.5. The van der Waals surface area contributed by atoms with Crippen molar-refractivity contribution in [3.05, 3.63) is 67.3 Å². The van der Waals surface area contributed by atoms with E-state index in [4.69, 9.17) is 0 Å². The molecule has 2 aromatic carbocycles. The number of carbonyl (C=O) groups is 2. The van der Waals surface area contributed by atoms with Crippen molar-refractivity contribution in [2.75, 3.05) is 5.32 Å². The van der Waals surface area contributed by atoms with E-state index in [-0.39, 0.29) is 17.6 Å². The van der Waals surface area contributed by atoms with Crippen LogP contribution in [0.5, 0.6) is 0 Å². The largest absolute Gasteiger partial charge is 0.350 e. The molecule has 0 aromatic heterocycles. The molecule has 0 aliphatic heterocycles. The van der Waals surface area contributed by atoms with Crippen molar-refractivity contribution in [1.29, 1.82) is 0 Å². The SMILES string of the molecule is CC(C)NC(=O)c1ccccc1NC(=O)c1ccc([N+](=O)[O-])cc1I. The summed E-state index contributed by atoms with van der Waals surface area (Å²) in [6.07, 6.45) is 0. The normalized spacial score (nSPS) is 10.4. The van der Waals surface area contributed by atoms with Gasteiger partial charge < -0.3 is 10.6 Å². The number of para-hydroxylation sites is 1. The Morgan fingerprint density at radius 1 is 1.08 bits per heavy atom. The van der Waals surface area contributed by atoms with Crippen molar-refractivity contribution < 1.29 is 14.5 Å². The molecule has 0 aliphatic rings. The van der Waals surface area contributed by atoms with Crippen LogP contribution in [0.1, 0.15) is 34.6 Å². The lowest BCUT2D eigenvalue weighted by Crippen LogP contribution is -2.31. The molecule has 2 amide bonds. The number of nitro benzene ring substituents is 1. The Bertz CT molecular complexity index is 836. The van der Waals surface area contributed by atoms with Crippen LogP contribution in [0.25, 0.3) is 0 Å². The lowest BCUT2D eigenvalue weighted by molar-refractivity contribution is -0.384. The average molecular weight is 453 g/mol. The Morgan fingerprint density at radius 2 is 1.76 bits per heavy atom. The van der Waals surface area contributed by atoms with Crippen LogP contribution in [0.4, 0.5) is 11.4 Å². The van der Waals surface area contributed by atoms with E-state index in [1.54, 1.807) is 24.3 Å². The van der Waals surface area contributed by atoms with Gasteiger partial charge in [-0.3, -0.25) is 19.7 Å². The molecule has 0 saturated carbocycles. The van der Waals surface area contributed by atoms with Gasteiger partial charge in [-0.2, -0.15) is 0 Å². The van der Waals surface area contributed by atoms with Crippen LogP contribution >= 0.6 is 22.6 Å². The summed E-state index contributed by atoms with van der Waals surface area (Å²) in [5.74, 6) is -0.728. The smallest absolute Gasteiger partial charge is 0.270 e. The number of nitro groups is 1. The first-order valence-electron chi connectivity index (χ1n) is 7.44. The molecule has 2 aromatic rings. The lowest BCUT2D eigenvalue weighted by atomic mass is 10.1. The Labute approximate surface area is 158 Å². The second-order valence-electron chi connectivity index (χ2n) is 5.55. The summed E-state index contributed by atoms with van der Waals surface area (Å²) in [7, 11) is 0. The van der Waals surface area contributed by atoms with E-state index in [9.17, 15) is 19.7 Å². The van der Waals surface area contributed by atoms with Crippen LogP contribution in [0.15, 0.2) is 42.5 Å². The molecule has 0 bridgehead atoms. The van der Waals surface area contributed by atoms with Gasteiger partial charge in [-0.25, -0.2) is 0 Å². The molecule has 130 valence electrons. The molecule has 0 saturated heterocycles. The standard InChI is InChI=1S/C17H16IN3O4/c1-10(2)19-17(23)13-5-3-4-6-15(13)20-16(22)12-8-7-11(21(24)25)9-14(12)18/h3-10H,1-2H3,(H,19,23)(H,20,22). The summed E-state index contributed by atoms with van der Waals surface area (Å²) < 4.78 is 0.452. The Balaban J connectivity index is 2.27. The van der Waals surface area contributed by atoms with Crippen LogP contribution in [0.2, 0.25) is 0 Å². The van der Waals surface area contributed by atoms with Crippen molar-refractivity contribution in [3.8, 4) is 0 Å². The lowest BCUT2D eigenvalue weighted by Gasteiger charge is -2.13. The zero-order valence-corrected chi connectivity index (χ0v) is 15.7. The van der Waals surface area contributed by atoms with Crippen LogP contribution in [-0.4, -0.2) is 22.8 Å². The number of carbonyl (C=O) groups excluding carboxylic acids is 2. The summed E-state index contributed by atoms with van der Waals surface area (Å²) in [6, 6.07) is 10.6. The maximum absolute atomic E-state index is 12.5. The average Bonchev–Trinajstić information content (AvgIpc) is 2.54. The second-order valence-corrected chi connectivity index (χ2v) is 6.71. The monoisotopic (exact) mass is 453 g/mol. The molecule has 7 nitrogen and oxygen atoms in total. The van der Waals surface area contributed by atoms with Gasteiger partial charge in [0.1, 0.15) is 0 Å². The van der Waals surface area contributed by atoms with Crippen LogP contribution in [0, 0.1) is 13.7 Å². The Hall–Kier alpha value is -2.49. The maximum Gasteiger partial charge on any atom is 0.270 e. The van der Waals surface area contributed by atoms with E-state index in [1.807, 2.05) is 36.4 Å². The van der Waals surface area contributed by atoms with Crippen molar-refractivity contribution in [2.24, 2.45) is 0 Å². The fourth-order valence-corrected chi connectivity index (χ4v) is 2.87. The molecule has 0 aliphatic carbocycles. The molecule has 8 heteroatoms. The van der Waals surface area contributed by atoms with E-state index in [2.05, 4.69) is 10.6 Å². The van der Waals surface area contributed by atoms with Crippen molar-refractivity contribution >= 4 is 45.8 Å². The minimum absolute atomic E-state index is 0.0353. The third-order valence-corrected chi connectivity index (χ3v) is 4.14. The number of amides is 2. The number of hydrogen-bond acceptors (Lipinski definition) is 4. The van der Waals surface area contributed by atoms with E-state index in [0.29, 0.717) is 20.4 Å². The number of hydrogen-bond donors (Lipinski definition) is 2. The molecule has 0 unspecified atom stereocenters. The summed E-state index contributed by atoms with van der Waals surface area (Å²) in [5.41, 5.74) is 0.934. The predicted octanol–water partition coefficient (Wildman–Crippen LogP) is 3.59. The number of non-ortho nitro benzene ring substituents is 1. The first-order chi connectivity index (χ1) is 11.8. The number of rotatable bonds is 5. The molecule has 0 atom stereocenters. The number of nitrogens with zero attached hydrogens (tertiary/aromatic N) is 1. The highest BCUT2D eigenvalue weighted by Gasteiger charge is 2.18. The summed E-state index contributed by atoms with van der Waals surface area (Å²) in [6.45, 7) is 3.69. The first kappa shape index (κ1) is 18.8. The van der Waals surface area contributed by atoms with Gasteiger partial charge in [0, 0.05) is 21.7 Å². The van der Waals surface area contributed by atoms with Crippen LogP contribution < -0.4 is 10.6 Å².